The van der Waals surface area contributed by atoms with E-state index in [1.165, 1.54) is 30.3 Å². The van der Waals surface area contributed by atoms with Crippen molar-refractivity contribution in [2.75, 3.05) is 13.2 Å². The number of carbonyl (C=O) groups excluding carboxylic acids is 1. The number of benzene rings is 1. The summed E-state index contributed by atoms with van der Waals surface area (Å²) in [5.74, 6) is -0.277. The first-order chi connectivity index (χ1) is 14.9. The smallest absolute Gasteiger partial charge is 0.234 e. The molecule has 2 N–H and O–H groups in total. The van der Waals surface area contributed by atoms with E-state index in [-0.39, 0.29) is 24.0 Å². The molecule has 2 unspecified atom stereocenters. The topological polar surface area (TPSA) is 97.4 Å². The van der Waals surface area contributed by atoms with Gasteiger partial charge in [0.15, 0.2) is 0 Å². The van der Waals surface area contributed by atoms with E-state index < -0.39 is 20.8 Å². The molecule has 1 amide bonds. The minimum absolute atomic E-state index is 0.0816. The highest BCUT2D eigenvalue weighted by atomic mass is 35.5. The van der Waals surface area contributed by atoms with Crippen molar-refractivity contribution in [3.63, 3.8) is 0 Å². The summed E-state index contributed by atoms with van der Waals surface area (Å²) < 4.78 is 33.0. The van der Waals surface area contributed by atoms with Crippen molar-refractivity contribution in [3.05, 3.63) is 83.7 Å². The number of hydrogen-bond acceptors (Lipinski definition) is 6. The second kappa shape index (κ2) is 10.2. The Morgan fingerprint density at radius 1 is 1.23 bits per heavy atom. The number of hydrogen-bond donors (Lipinski definition) is 2. The van der Waals surface area contributed by atoms with Crippen LogP contribution in [0.3, 0.4) is 0 Å². The Hall–Kier alpha value is -2.52. The molecule has 31 heavy (non-hydrogen) atoms. The van der Waals surface area contributed by atoms with Gasteiger partial charge in [-0.25, -0.2) is 8.42 Å². The van der Waals surface area contributed by atoms with Gasteiger partial charge in [0.2, 0.25) is 20.7 Å². The average molecular weight is 462 g/mol. The monoisotopic (exact) mass is 461 g/mol. The zero-order valence-electron chi connectivity index (χ0n) is 17.0. The maximum absolute atomic E-state index is 13.6. The molecule has 0 spiro atoms. The van der Waals surface area contributed by atoms with E-state index in [2.05, 4.69) is 15.6 Å². The molecule has 1 aliphatic rings. The first kappa shape index (κ1) is 23.1. The van der Waals surface area contributed by atoms with Crippen LogP contribution in [0.4, 0.5) is 0 Å². The van der Waals surface area contributed by atoms with Gasteiger partial charge < -0.3 is 10.1 Å². The van der Waals surface area contributed by atoms with Crippen LogP contribution < -0.4 is 10.6 Å². The van der Waals surface area contributed by atoms with E-state index in [4.69, 9.17) is 16.3 Å². The number of nitrogens with one attached hydrogen (secondary N) is 2. The Kier molecular flexibility index (Phi) is 7.61. The molecule has 7 nitrogen and oxygen atoms in total. The minimum Gasteiger partial charge on any atom is -0.354 e. The van der Waals surface area contributed by atoms with Gasteiger partial charge in [-0.05, 0) is 48.9 Å². The quantitative estimate of drug-likeness (QED) is 0.595. The van der Waals surface area contributed by atoms with E-state index in [1.54, 1.807) is 43.6 Å². The molecule has 0 fully saturated rings. The summed E-state index contributed by atoms with van der Waals surface area (Å²) in [6, 6.07) is 8.80. The van der Waals surface area contributed by atoms with E-state index in [1.807, 2.05) is 6.07 Å². The van der Waals surface area contributed by atoms with Gasteiger partial charge in [-0.15, -0.1) is 0 Å². The summed E-state index contributed by atoms with van der Waals surface area (Å²) >= 11 is 5.92. The zero-order valence-corrected chi connectivity index (χ0v) is 18.6. The van der Waals surface area contributed by atoms with E-state index in [0.717, 1.165) is 5.56 Å². The standard InChI is InChI=1S/C22H24ClN3O4S/c1-2-30-22(31(28,29)19-10-8-18(23)9-11-19)12-4-3-7-20(22)25-16-21(27)26-15-17-6-5-13-24-14-17/h3-14,20,25H,2,15-16H2,1H3,(H,26,27). The molecule has 1 aliphatic carbocycles. The van der Waals surface area contributed by atoms with Crippen molar-refractivity contribution >= 4 is 27.3 Å². The third-order valence-corrected chi connectivity index (χ3v) is 7.28. The second-order valence-electron chi connectivity index (χ2n) is 6.85. The third kappa shape index (κ3) is 5.22. The van der Waals surface area contributed by atoms with Gasteiger partial charge in [-0.2, -0.15) is 0 Å². The number of nitrogens with zero attached hydrogens (tertiary/aromatic N) is 1. The lowest BCUT2D eigenvalue weighted by Gasteiger charge is -2.38. The van der Waals surface area contributed by atoms with Crippen molar-refractivity contribution < 1.29 is 17.9 Å². The van der Waals surface area contributed by atoms with Crippen LogP contribution in [0.5, 0.6) is 0 Å². The number of rotatable bonds is 9. The number of carbonyl (C=O) groups is 1. The number of sulfone groups is 1. The molecule has 1 aromatic heterocycles. The molecule has 0 radical (unpaired) electrons. The molecule has 164 valence electrons. The third-order valence-electron chi connectivity index (χ3n) is 4.79. The lowest BCUT2D eigenvalue weighted by molar-refractivity contribution is -0.120. The molecule has 1 heterocycles. The number of amides is 1. The van der Waals surface area contributed by atoms with Gasteiger partial charge >= 0.3 is 0 Å². The molecule has 3 rings (SSSR count). The van der Waals surface area contributed by atoms with Crippen LogP contribution in [0.15, 0.2) is 78.0 Å². The highest BCUT2D eigenvalue weighted by Gasteiger charge is 2.50. The predicted molar refractivity (Wildman–Crippen MR) is 119 cm³/mol. The number of halogens is 1. The molecular weight excluding hydrogens is 438 g/mol. The summed E-state index contributed by atoms with van der Waals surface area (Å²) in [5.41, 5.74) is 0.866. The SMILES string of the molecule is CCOC1(S(=O)(=O)c2ccc(Cl)cc2)C=CC=CC1NCC(=O)NCc1cccnc1. The molecule has 0 aliphatic heterocycles. The van der Waals surface area contributed by atoms with Gasteiger partial charge in [0.1, 0.15) is 0 Å². The molecule has 1 aromatic carbocycles. The molecule has 2 aromatic rings. The number of aromatic nitrogens is 1. The van der Waals surface area contributed by atoms with Crippen molar-refractivity contribution in [2.45, 2.75) is 29.3 Å². The van der Waals surface area contributed by atoms with Crippen LogP contribution >= 0.6 is 11.6 Å². The molecular formula is C22H24ClN3O4S. The predicted octanol–water partition coefficient (Wildman–Crippen LogP) is 2.64. The fourth-order valence-corrected chi connectivity index (χ4v) is 5.29. The van der Waals surface area contributed by atoms with Gasteiger partial charge in [0, 0.05) is 30.6 Å². The van der Waals surface area contributed by atoms with Crippen LogP contribution in [0.2, 0.25) is 5.02 Å². The number of allylic oxidation sites excluding steroid dienone is 2. The summed E-state index contributed by atoms with van der Waals surface area (Å²) in [4.78, 5) is 14.7. The van der Waals surface area contributed by atoms with Crippen LogP contribution in [-0.2, 0) is 25.9 Å². The van der Waals surface area contributed by atoms with Crippen molar-refractivity contribution in [2.24, 2.45) is 0 Å². The van der Waals surface area contributed by atoms with Crippen LogP contribution in [0.1, 0.15) is 12.5 Å². The van der Waals surface area contributed by atoms with Gasteiger partial charge in [-0.1, -0.05) is 35.9 Å². The van der Waals surface area contributed by atoms with Crippen molar-refractivity contribution in [3.8, 4) is 0 Å². The normalized spacial score (nSPS) is 20.5. The maximum Gasteiger partial charge on any atom is 0.234 e. The lowest BCUT2D eigenvalue weighted by atomic mass is 10.0. The number of pyridine rings is 1. The van der Waals surface area contributed by atoms with Crippen LogP contribution in [0.25, 0.3) is 0 Å². The molecule has 9 heteroatoms. The van der Waals surface area contributed by atoms with E-state index in [9.17, 15) is 13.2 Å². The Morgan fingerprint density at radius 3 is 2.68 bits per heavy atom. The zero-order chi connectivity index (χ0) is 22.3. The average Bonchev–Trinajstić information content (AvgIpc) is 2.78. The van der Waals surface area contributed by atoms with E-state index in [0.29, 0.717) is 11.6 Å². The summed E-state index contributed by atoms with van der Waals surface area (Å²) in [7, 11) is -3.98. The molecule has 0 saturated carbocycles. The summed E-state index contributed by atoms with van der Waals surface area (Å²) in [5, 5.41) is 6.24. The Labute approximate surface area is 187 Å². The fraction of sp³-hybridized carbons (Fsp3) is 0.273. The highest BCUT2D eigenvalue weighted by molar-refractivity contribution is 7.93. The summed E-state index contributed by atoms with van der Waals surface area (Å²) in [6.07, 6.45) is 9.86. The lowest BCUT2D eigenvalue weighted by Crippen LogP contribution is -2.57. The van der Waals surface area contributed by atoms with Crippen molar-refractivity contribution in [1.29, 1.82) is 0 Å². The Morgan fingerprint density at radius 2 is 2.00 bits per heavy atom. The second-order valence-corrected chi connectivity index (χ2v) is 9.41. The van der Waals surface area contributed by atoms with E-state index >= 15 is 0 Å². The largest absolute Gasteiger partial charge is 0.354 e. The number of ether oxygens (including phenoxy) is 1. The summed E-state index contributed by atoms with van der Waals surface area (Å²) in [6.45, 7) is 2.13. The van der Waals surface area contributed by atoms with Gasteiger partial charge in [0.25, 0.3) is 0 Å². The van der Waals surface area contributed by atoms with Gasteiger partial charge in [0.05, 0.1) is 17.5 Å². The van der Waals surface area contributed by atoms with Crippen molar-refractivity contribution in [1.82, 2.24) is 15.6 Å². The minimum atomic E-state index is -3.98. The van der Waals surface area contributed by atoms with Crippen LogP contribution in [0, 0.1) is 0 Å². The fourth-order valence-electron chi connectivity index (χ4n) is 3.28. The Bertz CT molecular complexity index is 1060. The first-order valence-corrected chi connectivity index (χ1v) is 11.6. The molecule has 2 atom stereocenters. The maximum atomic E-state index is 13.6. The highest BCUT2D eigenvalue weighted by Crippen LogP contribution is 2.35. The first-order valence-electron chi connectivity index (χ1n) is 9.78. The Balaban J connectivity index is 1.77. The molecule has 0 bridgehead atoms. The van der Waals surface area contributed by atoms with Gasteiger partial charge in [-0.3, -0.25) is 15.1 Å². The molecule has 0 saturated heterocycles. The van der Waals surface area contributed by atoms with Crippen LogP contribution in [-0.4, -0.2) is 43.4 Å².